The van der Waals surface area contributed by atoms with Crippen LogP contribution in [0.5, 0.6) is 0 Å². The number of rotatable bonds is 8. The summed E-state index contributed by atoms with van der Waals surface area (Å²) in [5, 5.41) is 14.4. The number of thiazole rings is 1. The van der Waals surface area contributed by atoms with Crippen molar-refractivity contribution < 1.29 is 24.2 Å². The lowest BCUT2D eigenvalue weighted by Gasteiger charge is -2.19. The summed E-state index contributed by atoms with van der Waals surface area (Å²) >= 11 is 4.47. The van der Waals surface area contributed by atoms with Crippen LogP contribution in [0.1, 0.15) is 29.9 Å². The second-order valence-electron chi connectivity index (χ2n) is 7.41. The van der Waals surface area contributed by atoms with Gasteiger partial charge < -0.3 is 20.5 Å². The SMILES string of the molecule is O=C(O)CCC(NC(=O)OCC1c2ccccc2-c2ccccc21)C(=O)Nc1ncc(Br)s1. The van der Waals surface area contributed by atoms with Crippen molar-refractivity contribution in [3.8, 4) is 11.1 Å². The number of fused-ring (bicyclic) bond motifs is 3. The Morgan fingerprint density at radius 2 is 1.73 bits per heavy atom. The molecule has 1 unspecified atom stereocenters. The van der Waals surface area contributed by atoms with Gasteiger partial charge in [-0.3, -0.25) is 9.59 Å². The van der Waals surface area contributed by atoms with Crippen LogP contribution in [0.3, 0.4) is 0 Å². The van der Waals surface area contributed by atoms with Crippen molar-refractivity contribution in [2.24, 2.45) is 0 Å². The first-order chi connectivity index (χ1) is 15.9. The molecule has 1 aromatic heterocycles. The zero-order valence-corrected chi connectivity index (χ0v) is 19.7. The first-order valence-corrected chi connectivity index (χ1v) is 11.8. The van der Waals surface area contributed by atoms with Crippen LogP contribution in [-0.2, 0) is 14.3 Å². The molecule has 170 valence electrons. The molecule has 1 heterocycles. The molecule has 1 aliphatic rings. The van der Waals surface area contributed by atoms with E-state index >= 15 is 0 Å². The van der Waals surface area contributed by atoms with E-state index in [0.717, 1.165) is 26.0 Å². The van der Waals surface area contributed by atoms with Crippen LogP contribution in [-0.4, -0.2) is 40.7 Å². The van der Waals surface area contributed by atoms with Crippen LogP contribution in [0.2, 0.25) is 0 Å². The van der Waals surface area contributed by atoms with Crippen LogP contribution < -0.4 is 10.6 Å². The zero-order chi connectivity index (χ0) is 23.4. The number of nitrogens with one attached hydrogen (secondary N) is 2. The number of amides is 2. The van der Waals surface area contributed by atoms with E-state index in [4.69, 9.17) is 9.84 Å². The lowest BCUT2D eigenvalue weighted by molar-refractivity contribution is -0.137. The van der Waals surface area contributed by atoms with Crippen LogP contribution in [0.4, 0.5) is 9.93 Å². The first-order valence-electron chi connectivity index (χ1n) is 10.2. The standard InChI is InChI=1S/C23H20BrN3O5S/c24-19-11-25-22(33-19)27-21(30)18(9-10-20(28)29)26-23(31)32-12-17-15-7-3-1-5-13(15)14-6-2-4-8-16(14)17/h1-8,11,17-18H,9-10,12H2,(H,26,31)(H,28,29)(H,25,27,30). The highest BCUT2D eigenvalue weighted by molar-refractivity contribution is 9.11. The van der Waals surface area contributed by atoms with Gasteiger partial charge in [0.15, 0.2) is 5.13 Å². The molecule has 1 aliphatic carbocycles. The highest BCUT2D eigenvalue weighted by Gasteiger charge is 2.30. The molecule has 33 heavy (non-hydrogen) atoms. The van der Waals surface area contributed by atoms with Gasteiger partial charge in [0, 0.05) is 12.3 Å². The van der Waals surface area contributed by atoms with Gasteiger partial charge in [-0.1, -0.05) is 59.9 Å². The Bertz CT molecular complexity index is 1150. The molecule has 0 saturated heterocycles. The summed E-state index contributed by atoms with van der Waals surface area (Å²) in [4.78, 5) is 40.2. The Hall–Kier alpha value is -3.24. The van der Waals surface area contributed by atoms with Crippen molar-refractivity contribution in [2.45, 2.75) is 24.8 Å². The fourth-order valence-electron chi connectivity index (χ4n) is 3.82. The number of alkyl carbamates (subject to hydrolysis) is 1. The molecule has 3 aromatic rings. The largest absolute Gasteiger partial charge is 0.481 e. The van der Waals surface area contributed by atoms with Gasteiger partial charge in [-0.15, -0.1) is 0 Å². The molecule has 0 aliphatic heterocycles. The number of hydrogen-bond donors (Lipinski definition) is 3. The van der Waals surface area contributed by atoms with E-state index in [0.29, 0.717) is 5.13 Å². The summed E-state index contributed by atoms with van der Waals surface area (Å²) in [5.74, 6) is -1.76. The minimum absolute atomic E-state index is 0.0854. The van der Waals surface area contributed by atoms with Crippen molar-refractivity contribution >= 4 is 50.4 Å². The van der Waals surface area contributed by atoms with Gasteiger partial charge in [-0.25, -0.2) is 9.78 Å². The molecule has 1 atom stereocenters. The molecule has 0 spiro atoms. The van der Waals surface area contributed by atoms with E-state index in [1.165, 1.54) is 17.5 Å². The number of aliphatic carboxylic acids is 1. The van der Waals surface area contributed by atoms with E-state index in [9.17, 15) is 14.4 Å². The molecule has 10 heteroatoms. The van der Waals surface area contributed by atoms with Gasteiger partial charge in [0.1, 0.15) is 12.6 Å². The number of benzene rings is 2. The summed E-state index contributed by atoms with van der Waals surface area (Å²) in [6.07, 6.45) is 0.370. The summed E-state index contributed by atoms with van der Waals surface area (Å²) in [7, 11) is 0. The minimum atomic E-state index is -1.08. The Morgan fingerprint density at radius 1 is 1.09 bits per heavy atom. The topological polar surface area (TPSA) is 118 Å². The third-order valence-corrected chi connectivity index (χ3v) is 6.70. The third-order valence-electron chi connectivity index (χ3n) is 5.31. The minimum Gasteiger partial charge on any atom is -0.481 e. The van der Waals surface area contributed by atoms with Crippen LogP contribution in [0, 0.1) is 0 Å². The maximum atomic E-state index is 12.6. The predicted molar refractivity (Wildman–Crippen MR) is 127 cm³/mol. The number of halogens is 1. The smallest absolute Gasteiger partial charge is 0.407 e. The van der Waals surface area contributed by atoms with E-state index in [-0.39, 0.29) is 25.4 Å². The number of hydrogen-bond acceptors (Lipinski definition) is 6. The van der Waals surface area contributed by atoms with E-state index in [1.807, 2.05) is 48.5 Å². The summed E-state index contributed by atoms with van der Waals surface area (Å²) in [5.41, 5.74) is 4.35. The van der Waals surface area contributed by atoms with E-state index in [1.54, 1.807) is 0 Å². The van der Waals surface area contributed by atoms with Gasteiger partial charge >= 0.3 is 12.1 Å². The number of anilines is 1. The van der Waals surface area contributed by atoms with Gasteiger partial charge in [0.05, 0.1) is 9.98 Å². The number of carboxylic acid groups (broad SMARTS) is 1. The fraction of sp³-hybridized carbons (Fsp3) is 0.217. The maximum absolute atomic E-state index is 12.6. The molecule has 8 nitrogen and oxygen atoms in total. The van der Waals surface area contributed by atoms with E-state index < -0.39 is 24.0 Å². The molecule has 0 bridgehead atoms. The molecule has 4 rings (SSSR count). The Morgan fingerprint density at radius 3 is 2.30 bits per heavy atom. The third kappa shape index (κ3) is 5.40. The molecular formula is C23H20BrN3O5S. The first kappa shape index (κ1) is 22.9. The average Bonchev–Trinajstić information content (AvgIpc) is 3.35. The van der Waals surface area contributed by atoms with Crippen molar-refractivity contribution in [3.05, 3.63) is 69.6 Å². The maximum Gasteiger partial charge on any atom is 0.407 e. The molecule has 3 N–H and O–H groups in total. The van der Waals surface area contributed by atoms with Gasteiger partial charge in [0.25, 0.3) is 0 Å². The van der Waals surface area contributed by atoms with Crippen molar-refractivity contribution in [1.82, 2.24) is 10.3 Å². The second-order valence-corrected chi connectivity index (χ2v) is 9.82. The molecule has 2 amide bonds. The van der Waals surface area contributed by atoms with Crippen molar-refractivity contribution in [2.75, 3.05) is 11.9 Å². The highest BCUT2D eigenvalue weighted by Crippen LogP contribution is 2.44. The fourth-order valence-corrected chi connectivity index (χ4v) is 4.93. The highest BCUT2D eigenvalue weighted by atomic mass is 79.9. The zero-order valence-electron chi connectivity index (χ0n) is 17.3. The normalized spacial score (nSPS) is 13.0. The van der Waals surface area contributed by atoms with Gasteiger partial charge in [-0.05, 0) is 44.6 Å². The average molecular weight is 530 g/mol. The molecule has 2 aromatic carbocycles. The number of nitrogens with zero attached hydrogens (tertiary/aromatic N) is 1. The molecule has 0 saturated carbocycles. The molecular weight excluding hydrogens is 510 g/mol. The second kappa shape index (κ2) is 10.1. The Labute approximate surface area is 202 Å². The molecule has 0 fully saturated rings. The van der Waals surface area contributed by atoms with Gasteiger partial charge in [-0.2, -0.15) is 0 Å². The van der Waals surface area contributed by atoms with Crippen LogP contribution in [0.15, 0.2) is 58.5 Å². The molecule has 0 radical (unpaired) electrons. The van der Waals surface area contributed by atoms with Crippen molar-refractivity contribution in [3.63, 3.8) is 0 Å². The Balaban J connectivity index is 1.42. The number of ether oxygens (including phenoxy) is 1. The van der Waals surface area contributed by atoms with E-state index in [2.05, 4.69) is 31.5 Å². The summed E-state index contributed by atoms with van der Waals surface area (Å²) < 4.78 is 6.21. The number of aromatic nitrogens is 1. The van der Waals surface area contributed by atoms with Gasteiger partial charge in [0.2, 0.25) is 5.91 Å². The van der Waals surface area contributed by atoms with Crippen molar-refractivity contribution in [1.29, 1.82) is 0 Å². The lowest BCUT2D eigenvalue weighted by atomic mass is 9.98. The lowest BCUT2D eigenvalue weighted by Crippen LogP contribution is -2.44. The number of carbonyl (C=O) groups is 3. The van der Waals surface area contributed by atoms with Crippen LogP contribution >= 0.6 is 27.3 Å². The monoisotopic (exact) mass is 529 g/mol. The predicted octanol–water partition coefficient (Wildman–Crippen LogP) is 4.62. The Kier molecular flexibility index (Phi) is 7.05. The number of carbonyl (C=O) groups excluding carboxylic acids is 2. The summed E-state index contributed by atoms with van der Waals surface area (Å²) in [6, 6.07) is 14.8. The summed E-state index contributed by atoms with van der Waals surface area (Å²) in [6.45, 7) is 0.0898. The quantitative estimate of drug-likeness (QED) is 0.392. The number of carboxylic acids is 1. The van der Waals surface area contributed by atoms with Crippen LogP contribution in [0.25, 0.3) is 11.1 Å².